The Morgan fingerprint density at radius 2 is 0.870 bits per heavy atom. The Hall–Kier alpha value is 0.110. The SMILES string of the molecule is CCCCCCCCCCOP(=O)(OCCCC)OCCCC. The highest BCUT2D eigenvalue weighted by Crippen LogP contribution is 2.49. The maximum atomic E-state index is 12.5. The first-order valence-corrected chi connectivity index (χ1v) is 11.2. The zero-order chi connectivity index (χ0) is 17.2. The van der Waals surface area contributed by atoms with E-state index in [2.05, 4.69) is 20.8 Å². The summed E-state index contributed by atoms with van der Waals surface area (Å²) in [4.78, 5) is 0. The molecule has 0 aromatic rings. The molecule has 0 N–H and O–H groups in total. The summed E-state index contributed by atoms with van der Waals surface area (Å²) >= 11 is 0. The molecule has 0 rings (SSSR count). The smallest absolute Gasteiger partial charge is 0.287 e. The molecule has 0 aromatic carbocycles. The van der Waals surface area contributed by atoms with Crippen LogP contribution in [0.3, 0.4) is 0 Å². The van der Waals surface area contributed by atoms with E-state index in [0.29, 0.717) is 19.8 Å². The van der Waals surface area contributed by atoms with E-state index in [4.69, 9.17) is 13.6 Å². The van der Waals surface area contributed by atoms with Crippen molar-refractivity contribution in [2.24, 2.45) is 0 Å². The van der Waals surface area contributed by atoms with Crippen LogP contribution in [-0.2, 0) is 18.1 Å². The Balaban J connectivity index is 3.79. The van der Waals surface area contributed by atoms with E-state index in [9.17, 15) is 4.57 Å². The minimum Gasteiger partial charge on any atom is -0.287 e. The molecule has 0 unspecified atom stereocenters. The van der Waals surface area contributed by atoms with Crippen molar-refractivity contribution >= 4 is 7.82 Å². The fourth-order valence-electron chi connectivity index (χ4n) is 2.17. The van der Waals surface area contributed by atoms with Gasteiger partial charge >= 0.3 is 7.82 Å². The van der Waals surface area contributed by atoms with Crippen molar-refractivity contribution in [3.05, 3.63) is 0 Å². The Morgan fingerprint density at radius 3 is 1.30 bits per heavy atom. The summed E-state index contributed by atoms with van der Waals surface area (Å²) in [6.45, 7) is 7.74. The zero-order valence-corrected chi connectivity index (χ0v) is 16.6. The summed E-state index contributed by atoms with van der Waals surface area (Å²) in [7, 11) is -3.35. The van der Waals surface area contributed by atoms with Crippen LogP contribution in [0.25, 0.3) is 0 Å². The van der Waals surface area contributed by atoms with Crippen LogP contribution >= 0.6 is 7.82 Å². The van der Waals surface area contributed by atoms with Gasteiger partial charge in [0, 0.05) is 0 Å². The number of hydrogen-bond donors (Lipinski definition) is 0. The molecule has 0 aliphatic heterocycles. The summed E-state index contributed by atoms with van der Waals surface area (Å²) in [6, 6.07) is 0. The molecule has 5 heteroatoms. The fourth-order valence-corrected chi connectivity index (χ4v) is 3.45. The predicted molar refractivity (Wildman–Crippen MR) is 97.9 cm³/mol. The third-order valence-corrected chi connectivity index (χ3v) is 5.24. The van der Waals surface area contributed by atoms with E-state index in [1.165, 1.54) is 38.5 Å². The van der Waals surface area contributed by atoms with Crippen molar-refractivity contribution in [1.82, 2.24) is 0 Å². The lowest BCUT2D eigenvalue weighted by Gasteiger charge is -2.18. The topological polar surface area (TPSA) is 44.8 Å². The van der Waals surface area contributed by atoms with Gasteiger partial charge in [0.15, 0.2) is 0 Å². The van der Waals surface area contributed by atoms with Gasteiger partial charge in [0.2, 0.25) is 0 Å². The maximum absolute atomic E-state index is 12.5. The number of phosphoric acid groups is 1. The number of phosphoric ester groups is 1. The van der Waals surface area contributed by atoms with Crippen molar-refractivity contribution in [3.8, 4) is 0 Å². The molecule has 0 aliphatic carbocycles. The van der Waals surface area contributed by atoms with Crippen LogP contribution in [0.4, 0.5) is 0 Å². The second-order valence-corrected chi connectivity index (χ2v) is 7.80. The van der Waals surface area contributed by atoms with Crippen LogP contribution in [0.1, 0.15) is 97.8 Å². The van der Waals surface area contributed by atoms with E-state index < -0.39 is 7.82 Å². The van der Waals surface area contributed by atoms with Crippen molar-refractivity contribution < 1.29 is 18.1 Å². The summed E-state index contributed by atoms with van der Waals surface area (Å²) in [5.74, 6) is 0. The monoisotopic (exact) mass is 350 g/mol. The second-order valence-electron chi connectivity index (χ2n) is 6.13. The number of rotatable bonds is 18. The Kier molecular flexibility index (Phi) is 17.0. The summed E-state index contributed by atoms with van der Waals surface area (Å²) in [5.41, 5.74) is 0. The van der Waals surface area contributed by atoms with Gasteiger partial charge in [-0.05, 0) is 19.3 Å². The van der Waals surface area contributed by atoms with Gasteiger partial charge in [0.25, 0.3) is 0 Å². The Labute approximate surface area is 144 Å². The molecular weight excluding hydrogens is 311 g/mol. The largest absolute Gasteiger partial charge is 0.474 e. The van der Waals surface area contributed by atoms with E-state index in [-0.39, 0.29) is 0 Å². The third-order valence-electron chi connectivity index (χ3n) is 3.74. The standard InChI is InChI=1S/C18H39O4P/c1-4-7-10-11-12-13-14-15-18-22-23(19,20-16-8-5-2)21-17-9-6-3/h4-18H2,1-3H3. The van der Waals surface area contributed by atoms with Crippen LogP contribution in [0.2, 0.25) is 0 Å². The fraction of sp³-hybridized carbons (Fsp3) is 1.00. The molecule has 0 aliphatic rings. The Bertz CT molecular complexity index is 270. The van der Waals surface area contributed by atoms with Gasteiger partial charge in [-0.25, -0.2) is 4.57 Å². The molecule has 0 saturated heterocycles. The average Bonchev–Trinajstić information content (AvgIpc) is 2.54. The van der Waals surface area contributed by atoms with Crippen LogP contribution in [-0.4, -0.2) is 19.8 Å². The molecule has 0 spiro atoms. The highest BCUT2D eigenvalue weighted by atomic mass is 31.2. The van der Waals surface area contributed by atoms with E-state index >= 15 is 0 Å². The lowest BCUT2D eigenvalue weighted by Crippen LogP contribution is -2.04. The minimum absolute atomic E-state index is 0.442. The first-order valence-electron chi connectivity index (χ1n) is 9.72. The van der Waals surface area contributed by atoms with Crippen LogP contribution in [0.5, 0.6) is 0 Å². The maximum Gasteiger partial charge on any atom is 0.474 e. The molecule has 0 heterocycles. The highest BCUT2D eigenvalue weighted by molar-refractivity contribution is 7.48. The summed E-state index contributed by atoms with van der Waals surface area (Å²) in [6.07, 6.45) is 13.6. The van der Waals surface area contributed by atoms with Crippen molar-refractivity contribution in [3.63, 3.8) is 0 Å². The van der Waals surface area contributed by atoms with Gasteiger partial charge in [-0.3, -0.25) is 13.6 Å². The zero-order valence-electron chi connectivity index (χ0n) is 15.7. The average molecular weight is 350 g/mol. The molecule has 0 atom stereocenters. The summed E-state index contributed by atoms with van der Waals surface area (Å²) < 4.78 is 28.8. The van der Waals surface area contributed by atoms with Crippen LogP contribution in [0.15, 0.2) is 0 Å². The first kappa shape index (κ1) is 23.1. The van der Waals surface area contributed by atoms with E-state index in [1.807, 2.05) is 0 Å². The number of unbranched alkanes of at least 4 members (excludes halogenated alkanes) is 9. The molecule has 0 bridgehead atoms. The number of hydrogen-bond acceptors (Lipinski definition) is 4. The lowest BCUT2D eigenvalue weighted by molar-refractivity contribution is 0.109. The van der Waals surface area contributed by atoms with Crippen LogP contribution in [0, 0.1) is 0 Å². The quantitative estimate of drug-likeness (QED) is 0.199. The van der Waals surface area contributed by atoms with Crippen LogP contribution < -0.4 is 0 Å². The summed E-state index contributed by atoms with van der Waals surface area (Å²) in [5, 5.41) is 0. The van der Waals surface area contributed by atoms with Crippen molar-refractivity contribution in [1.29, 1.82) is 0 Å². The van der Waals surface area contributed by atoms with E-state index in [0.717, 1.165) is 38.5 Å². The molecule has 4 nitrogen and oxygen atoms in total. The van der Waals surface area contributed by atoms with Crippen molar-refractivity contribution in [2.45, 2.75) is 97.8 Å². The van der Waals surface area contributed by atoms with Gasteiger partial charge in [-0.1, -0.05) is 78.6 Å². The normalized spacial score (nSPS) is 12.0. The van der Waals surface area contributed by atoms with E-state index in [1.54, 1.807) is 0 Å². The molecule has 0 fully saturated rings. The highest BCUT2D eigenvalue weighted by Gasteiger charge is 2.25. The predicted octanol–water partition coefficient (Wildman–Crippen LogP) is 6.89. The lowest BCUT2D eigenvalue weighted by atomic mass is 10.1. The molecule has 140 valence electrons. The minimum atomic E-state index is -3.35. The van der Waals surface area contributed by atoms with Gasteiger partial charge in [0.1, 0.15) is 0 Å². The molecule has 0 amide bonds. The molecule has 0 aromatic heterocycles. The van der Waals surface area contributed by atoms with Gasteiger partial charge in [-0.2, -0.15) is 0 Å². The molecule has 23 heavy (non-hydrogen) atoms. The van der Waals surface area contributed by atoms with Gasteiger partial charge in [-0.15, -0.1) is 0 Å². The van der Waals surface area contributed by atoms with Crippen molar-refractivity contribution in [2.75, 3.05) is 19.8 Å². The molecule has 0 radical (unpaired) electrons. The van der Waals surface area contributed by atoms with Gasteiger partial charge < -0.3 is 0 Å². The third kappa shape index (κ3) is 15.4. The second kappa shape index (κ2) is 17.0. The van der Waals surface area contributed by atoms with Gasteiger partial charge in [0.05, 0.1) is 19.8 Å². The Morgan fingerprint density at radius 1 is 0.522 bits per heavy atom. The first-order chi connectivity index (χ1) is 11.2. The molecular formula is C18H39O4P. The molecule has 0 saturated carbocycles.